The van der Waals surface area contributed by atoms with Crippen molar-refractivity contribution in [1.29, 1.82) is 0 Å². The first-order valence-electron chi connectivity index (χ1n) is 8.41. The fourth-order valence-electron chi connectivity index (χ4n) is 3.86. The average molecular weight is 267 g/mol. The Morgan fingerprint density at radius 1 is 1.11 bits per heavy atom. The molecule has 2 saturated heterocycles. The van der Waals surface area contributed by atoms with Crippen LogP contribution in [-0.2, 0) is 0 Å². The third kappa shape index (κ3) is 4.17. The molecule has 0 bridgehead atoms. The third-order valence-electron chi connectivity index (χ3n) is 5.29. The number of nitrogens with zero attached hydrogens (tertiary/aromatic N) is 2. The Balaban J connectivity index is 1.84. The monoisotopic (exact) mass is 267 g/mol. The standard InChI is InChI=1S/C16H33N3/c1-3-8-18-9-4-5-16(7-10-18)19-11-6-14(2)15(12-17)13-19/h14-16H,3-13,17H2,1-2H3. The molecule has 2 fully saturated rings. The Morgan fingerprint density at radius 3 is 2.68 bits per heavy atom. The number of rotatable bonds is 4. The van der Waals surface area contributed by atoms with Crippen LogP contribution in [0.1, 0.15) is 46.0 Å². The van der Waals surface area contributed by atoms with Crippen molar-refractivity contribution in [3.63, 3.8) is 0 Å². The zero-order valence-corrected chi connectivity index (χ0v) is 13.0. The molecule has 19 heavy (non-hydrogen) atoms. The number of piperidine rings is 1. The molecular formula is C16H33N3. The molecular weight excluding hydrogens is 234 g/mol. The molecule has 2 aliphatic rings. The van der Waals surface area contributed by atoms with E-state index >= 15 is 0 Å². The normalized spacial score (nSPS) is 35.2. The molecule has 112 valence electrons. The maximum absolute atomic E-state index is 5.94. The molecule has 0 aromatic rings. The molecule has 2 heterocycles. The van der Waals surface area contributed by atoms with Crippen molar-refractivity contribution in [3.8, 4) is 0 Å². The molecule has 2 rings (SSSR count). The van der Waals surface area contributed by atoms with E-state index < -0.39 is 0 Å². The van der Waals surface area contributed by atoms with Crippen LogP contribution in [0.5, 0.6) is 0 Å². The van der Waals surface area contributed by atoms with Gasteiger partial charge in [0.15, 0.2) is 0 Å². The molecule has 0 radical (unpaired) electrons. The minimum absolute atomic E-state index is 0.726. The minimum atomic E-state index is 0.726. The molecule has 0 saturated carbocycles. The summed E-state index contributed by atoms with van der Waals surface area (Å²) in [7, 11) is 0. The van der Waals surface area contributed by atoms with Gasteiger partial charge in [0.1, 0.15) is 0 Å². The van der Waals surface area contributed by atoms with Gasteiger partial charge in [-0.15, -0.1) is 0 Å². The van der Waals surface area contributed by atoms with Gasteiger partial charge in [-0.2, -0.15) is 0 Å². The van der Waals surface area contributed by atoms with E-state index in [0.29, 0.717) is 0 Å². The van der Waals surface area contributed by atoms with Crippen molar-refractivity contribution in [3.05, 3.63) is 0 Å². The van der Waals surface area contributed by atoms with Crippen molar-refractivity contribution in [1.82, 2.24) is 9.80 Å². The van der Waals surface area contributed by atoms with Gasteiger partial charge < -0.3 is 10.6 Å². The molecule has 3 nitrogen and oxygen atoms in total. The van der Waals surface area contributed by atoms with Crippen LogP contribution in [0.4, 0.5) is 0 Å². The number of hydrogen-bond acceptors (Lipinski definition) is 3. The molecule has 2 N–H and O–H groups in total. The Morgan fingerprint density at radius 2 is 1.95 bits per heavy atom. The number of likely N-dealkylation sites (tertiary alicyclic amines) is 2. The highest BCUT2D eigenvalue weighted by Gasteiger charge is 2.30. The SMILES string of the molecule is CCCN1CCCC(N2CCC(C)C(CN)C2)CC1. The van der Waals surface area contributed by atoms with Gasteiger partial charge in [0.25, 0.3) is 0 Å². The highest BCUT2D eigenvalue weighted by atomic mass is 15.2. The van der Waals surface area contributed by atoms with E-state index in [1.165, 1.54) is 64.8 Å². The highest BCUT2D eigenvalue weighted by Crippen LogP contribution is 2.27. The Kier molecular flexibility index (Phi) is 6.11. The first-order valence-corrected chi connectivity index (χ1v) is 8.41. The number of hydrogen-bond donors (Lipinski definition) is 1. The maximum atomic E-state index is 5.94. The molecule has 0 aromatic heterocycles. The van der Waals surface area contributed by atoms with Crippen molar-refractivity contribution < 1.29 is 0 Å². The van der Waals surface area contributed by atoms with Gasteiger partial charge in [0, 0.05) is 12.6 Å². The van der Waals surface area contributed by atoms with Crippen LogP contribution in [0.15, 0.2) is 0 Å². The topological polar surface area (TPSA) is 32.5 Å². The predicted octanol–water partition coefficient (Wildman–Crippen LogP) is 2.17. The van der Waals surface area contributed by atoms with E-state index in [2.05, 4.69) is 23.6 Å². The highest BCUT2D eigenvalue weighted by molar-refractivity contribution is 4.85. The van der Waals surface area contributed by atoms with Gasteiger partial charge in [-0.3, -0.25) is 4.90 Å². The van der Waals surface area contributed by atoms with Crippen LogP contribution in [0, 0.1) is 11.8 Å². The smallest absolute Gasteiger partial charge is 0.0108 e. The Labute approximate surface area is 119 Å². The zero-order valence-electron chi connectivity index (χ0n) is 13.0. The van der Waals surface area contributed by atoms with Gasteiger partial charge in [-0.25, -0.2) is 0 Å². The minimum Gasteiger partial charge on any atom is -0.330 e. The molecule has 2 aliphatic heterocycles. The van der Waals surface area contributed by atoms with Crippen LogP contribution >= 0.6 is 0 Å². The van der Waals surface area contributed by atoms with E-state index in [1.807, 2.05) is 0 Å². The van der Waals surface area contributed by atoms with Crippen LogP contribution < -0.4 is 5.73 Å². The fourth-order valence-corrected chi connectivity index (χ4v) is 3.86. The summed E-state index contributed by atoms with van der Waals surface area (Å²) in [6, 6.07) is 0.823. The number of nitrogens with two attached hydrogens (primary N) is 1. The first kappa shape index (κ1) is 15.3. The summed E-state index contributed by atoms with van der Waals surface area (Å²) in [6.07, 6.45) is 6.78. The van der Waals surface area contributed by atoms with Gasteiger partial charge in [0.05, 0.1) is 0 Å². The zero-order chi connectivity index (χ0) is 13.7. The van der Waals surface area contributed by atoms with E-state index in [0.717, 1.165) is 24.4 Å². The first-order chi connectivity index (χ1) is 9.24. The van der Waals surface area contributed by atoms with E-state index in [1.54, 1.807) is 0 Å². The van der Waals surface area contributed by atoms with Gasteiger partial charge in [0.2, 0.25) is 0 Å². The fraction of sp³-hybridized carbons (Fsp3) is 1.00. The molecule has 0 aliphatic carbocycles. The van der Waals surface area contributed by atoms with Crippen LogP contribution in [0.2, 0.25) is 0 Å². The summed E-state index contributed by atoms with van der Waals surface area (Å²) < 4.78 is 0. The molecule has 0 aromatic carbocycles. The predicted molar refractivity (Wildman–Crippen MR) is 82.3 cm³/mol. The summed E-state index contributed by atoms with van der Waals surface area (Å²) in [4.78, 5) is 5.42. The average Bonchev–Trinajstić information content (AvgIpc) is 2.66. The van der Waals surface area contributed by atoms with E-state index in [-0.39, 0.29) is 0 Å². The second-order valence-corrected chi connectivity index (χ2v) is 6.68. The van der Waals surface area contributed by atoms with E-state index in [9.17, 15) is 0 Å². The molecule has 0 amide bonds. The van der Waals surface area contributed by atoms with Crippen molar-refractivity contribution in [2.45, 2.75) is 52.0 Å². The molecule has 3 unspecified atom stereocenters. The van der Waals surface area contributed by atoms with Gasteiger partial charge in [-0.05, 0) is 76.7 Å². The van der Waals surface area contributed by atoms with Gasteiger partial charge >= 0.3 is 0 Å². The lowest BCUT2D eigenvalue weighted by Gasteiger charge is -2.41. The van der Waals surface area contributed by atoms with E-state index in [4.69, 9.17) is 5.73 Å². The van der Waals surface area contributed by atoms with Crippen molar-refractivity contribution >= 4 is 0 Å². The summed E-state index contributed by atoms with van der Waals surface area (Å²) in [6.45, 7) is 12.0. The Bertz CT molecular complexity index is 256. The largest absolute Gasteiger partial charge is 0.330 e. The lowest BCUT2D eigenvalue weighted by atomic mass is 9.86. The summed E-state index contributed by atoms with van der Waals surface area (Å²) in [5, 5.41) is 0. The molecule has 3 atom stereocenters. The van der Waals surface area contributed by atoms with Crippen LogP contribution in [-0.4, -0.2) is 55.1 Å². The second kappa shape index (κ2) is 7.61. The quantitative estimate of drug-likeness (QED) is 0.847. The second-order valence-electron chi connectivity index (χ2n) is 6.68. The van der Waals surface area contributed by atoms with Crippen LogP contribution in [0.25, 0.3) is 0 Å². The molecule has 0 spiro atoms. The van der Waals surface area contributed by atoms with Crippen LogP contribution in [0.3, 0.4) is 0 Å². The summed E-state index contributed by atoms with van der Waals surface area (Å²) in [5.74, 6) is 1.55. The Hall–Kier alpha value is -0.120. The summed E-state index contributed by atoms with van der Waals surface area (Å²) in [5.41, 5.74) is 5.94. The third-order valence-corrected chi connectivity index (χ3v) is 5.29. The lowest BCUT2D eigenvalue weighted by molar-refractivity contribution is 0.0834. The summed E-state index contributed by atoms with van der Waals surface area (Å²) >= 11 is 0. The lowest BCUT2D eigenvalue weighted by Crippen LogP contribution is -2.47. The van der Waals surface area contributed by atoms with Crippen molar-refractivity contribution in [2.75, 3.05) is 39.3 Å². The maximum Gasteiger partial charge on any atom is 0.0108 e. The van der Waals surface area contributed by atoms with Gasteiger partial charge in [-0.1, -0.05) is 13.8 Å². The molecule has 3 heteroatoms. The van der Waals surface area contributed by atoms with Crippen molar-refractivity contribution in [2.24, 2.45) is 17.6 Å².